The Kier molecular flexibility index (Phi) is 3.47. The second-order valence-electron chi connectivity index (χ2n) is 2.21. The van der Waals surface area contributed by atoms with Gasteiger partial charge in [0.05, 0.1) is 6.61 Å². The molecule has 2 N–H and O–H groups in total. The van der Waals surface area contributed by atoms with Gasteiger partial charge in [-0.25, -0.2) is 14.8 Å². The van der Waals surface area contributed by atoms with Crippen molar-refractivity contribution in [3.63, 3.8) is 0 Å². The molecule has 1 heterocycles. The van der Waals surface area contributed by atoms with Crippen LogP contribution in [0.4, 0.5) is 10.6 Å². The fourth-order valence-electron chi connectivity index (χ4n) is 0.815. The van der Waals surface area contributed by atoms with Gasteiger partial charge in [0.25, 0.3) is 0 Å². The Hall–Kier alpha value is -1.56. The van der Waals surface area contributed by atoms with Crippen LogP contribution in [0, 0.1) is 0 Å². The van der Waals surface area contributed by atoms with Crippen LogP contribution >= 0.6 is 11.6 Å². The van der Waals surface area contributed by atoms with Crippen LogP contribution in [0.2, 0.25) is 5.15 Å². The Labute approximate surface area is 84.9 Å². The van der Waals surface area contributed by atoms with Crippen LogP contribution in [0.25, 0.3) is 0 Å². The number of rotatable bonds is 3. The first-order valence-electron chi connectivity index (χ1n) is 3.78. The van der Waals surface area contributed by atoms with Gasteiger partial charge >= 0.3 is 6.09 Å². The van der Waals surface area contributed by atoms with Crippen LogP contribution in [0.3, 0.4) is 0 Å². The third-order valence-corrected chi connectivity index (χ3v) is 1.54. The average molecular weight is 218 g/mol. The minimum atomic E-state index is -1.24. The summed E-state index contributed by atoms with van der Waals surface area (Å²) in [7, 11) is 0. The molecule has 0 fully saturated rings. The van der Waals surface area contributed by atoms with E-state index in [1.807, 2.05) is 0 Å². The molecule has 0 unspecified atom stereocenters. The summed E-state index contributed by atoms with van der Waals surface area (Å²) in [5.74, 6) is 0.179. The minimum Gasteiger partial charge on any atom is -0.487 e. The van der Waals surface area contributed by atoms with Gasteiger partial charge in [0.1, 0.15) is 6.33 Å². The lowest BCUT2D eigenvalue weighted by molar-refractivity contribution is 0.209. The number of amides is 1. The van der Waals surface area contributed by atoms with Crippen molar-refractivity contribution in [2.24, 2.45) is 0 Å². The molecule has 14 heavy (non-hydrogen) atoms. The summed E-state index contributed by atoms with van der Waals surface area (Å²) in [5, 5.41) is 10.6. The molecule has 0 spiro atoms. The second-order valence-corrected chi connectivity index (χ2v) is 2.56. The number of ether oxygens (including phenoxy) is 1. The molecule has 1 amide bonds. The Morgan fingerprint density at radius 2 is 2.43 bits per heavy atom. The van der Waals surface area contributed by atoms with Crippen molar-refractivity contribution in [3.8, 4) is 5.75 Å². The van der Waals surface area contributed by atoms with Crippen molar-refractivity contribution in [1.29, 1.82) is 0 Å². The summed E-state index contributed by atoms with van der Waals surface area (Å²) < 4.78 is 5.09. The van der Waals surface area contributed by atoms with Gasteiger partial charge in [0.15, 0.2) is 16.7 Å². The summed E-state index contributed by atoms with van der Waals surface area (Å²) in [4.78, 5) is 17.7. The Morgan fingerprint density at radius 3 is 3.00 bits per heavy atom. The maximum atomic E-state index is 10.4. The van der Waals surface area contributed by atoms with Gasteiger partial charge in [-0.15, -0.1) is 0 Å². The highest BCUT2D eigenvalue weighted by molar-refractivity contribution is 6.31. The molecule has 0 aliphatic rings. The number of hydrogen-bond acceptors (Lipinski definition) is 4. The average Bonchev–Trinajstić information content (AvgIpc) is 2.10. The summed E-state index contributed by atoms with van der Waals surface area (Å²) >= 11 is 5.68. The molecule has 76 valence electrons. The number of nitrogens with one attached hydrogen (secondary N) is 1. The zero-order valence-corrected chi connectivity index (χ0v) is 8.08. The highest BCUT2D eigenvalue weighted by Gasteiger charge is 2.12. The summed E-state index contributed by atoms with van der Waals surface area (Å²) in [5.41, 5.74) is 0. The molecular formula is C7H8ClN3O3. The van der Waals surface area contributed by atoms with Crippen LogP contribution in [0.15, 0.2) is 6.33 Å². The van der Waals surface area contributed by atoms with Gasteiger partial charge in [-0.3, -0.25) is 5.32 Å². The standard InChI is InChI=1S/C7H8ClN3O3/c1-2-14-4-5(8)9-3-10-6(4)11-7(12)13/h3H,2H2,1H3,(H,12,13)(H,9,10,11). The van der Waals surface area contributed by atoms with E-state index in [4.69, 9.17) is 21.4 Å². The van der Waals surface area contributed by atoms with Crippen LogP contribution < -0.4 is 10.1 Å². The number of aromatic nitrogens is 2. The van der Waals surface area contributed by atoms with E-state index in [1.165, 1.54) is 0 Å². The third-order valence-electron chi connectivity index (χ3n) is 1.27. The molecule has 0 radical (unpaired) electrons. The first-order chi connectivity index (χ1) is 6.65. The number of halogens is 1. The maximum Gasteiger partial charge on any atom is 0.410 e. The monoisotopic (exact) mass is 217 g/mol. The Bertz CT molecular complexity index is 345. The van der Waals surface area contributed by atoms with Gasteiger partial charge in [-0.2, -0.15) is 0 Å². The molecule has 0 aliphatic heterocycles. The first kappa shape index (κ1) is 10.5. The van der Waals surface area contributed by atoms with E-state index in [1.54, 1.807) is 6.92 Å². The SMILES string of the molecule is CCOc1c(Cl)ncnc1NC(=O)O. The maximum absolute atomic E-state index is 10.4. The lowest BCUT2D eigenvalue weighted by atomic mass is 10.5. The zero-order chi connectivity index (χ0) is 10.6. The van der Waals surface area contributed by atoms with Crippen molar-refractivity contribution in [1.82, 2.24) is 9.97 Å². The molecule has 1 aromatic heterocycles. The quantitative estimate of drug-likeness (QED) is 0.752. The van der Waals surface area contributed by atoms with Crippen LogP contribution in [-0.2, 0) is 0 Å². The number of anilines is 1. The minimum absolute atomic E-state index is 0.0411. The zero-order valence-electron chi connectivity index (χ0n) is 7.32. The van der Waals surface area contributed by atoms with Gasteiger partial charge in [-0.05, 0) is 6.92 Å². The van der Waals surface area contributed by atoms with E-state index in [0.29, 0.717) is 6.61 Å². The molecule has 1 rings (SSSR count). The van der Waals surface area contributed by atoms with E-state index in [9.17, 15) is 4.79 Å². The number of hydrogen-bond donors (Lipinski definition) is 2. The summed E-state index contributed by atoms with van der Waals surface area (Å²) in [6.07, 6.45) is -0.0865. The van der Waals surface area contributed by atoms with Crippen LogP contribution in [0.1, 0.15) is 6.92 Å². The fraction of sp³-hybridized carbons (Fsp3) is 0.286. The summed E-state index contributed by atoms with van der Waals surface area (Å²) in [6.45, 7) is 2.09. The normalized spacial score (nSPS) is 9.57. The molecule has 1 aromatic rings. The number of nitrogens with zero attached hydrogens (tertiary/aromatic N) is 2. The molecule has 0 atom stereocenters. The summed E-state index contributed by atoms with van der Waals surface area (Å²) in [6, 6.07) is 0. The van der Waals surface area contributed by atoms with E-state index in [0.717, 1.165) is 6.33 Å². The van der Waals surface area contributed by atoms with Crippen molar-refractivity contribution in [2.75, 3.05) is 11.9 Å². The molecule has 7 heteroatoms. The highest BCUT2D eigenvalue weighted by Crippen LogP contribution is 2.28. The molecule has 0 bridgehead atoms. The van der Waals surface area contributed by atoms with Crippen LogP contribution in [-0.4, -0.2) is 27.8 Å². The molecule has 0 saturated heterocycles. The Balaban J connectivity index is 3.01. The third kappa shape index (κ3) is 2.46. The topological polar surface area (TPSA) is 84.3 Å². The van der Waals surface area contributed by atoms with Gasteiger partial charge in [0.2, 0.25) is 0 Å². The van der Waals surface area contributed by atoms with Gasteiger partial charge in [0, 0.05) is 0 Å². The van der Waals surface area contributed by atoms with Crippen molar-refractivity contribution in [3.05, 3.63) is 11.5 Å². The highest BCUT2D eigenvalue weighted by atomic mass is 35.5. The number of carboxylic acid groups (broad SMARTS) is 1. The molecule has 0 saturated carbocycles. The lowest BCUT2D eigenvalue weighted by Crippen LogP contribution is -2.11. The molecular weight excluding hydrogens is 210 g/mol. The lowest BCUT2D eigenvalue weighted by Gasteiger charge is -2.08. The van der Waals surface area contributed by atoms with Crippen molar-refractivity contribution in [2.45, 2.75) is 6.92 Å². The van der Waals surface area contributed by atoms with E-state index in [2.05, 4.69) is 15.3 Å². The van der Waals surface area contributed by atoms with Gasteiger partial charge in [-0.1, -0.05) is 11.6 Å². The largest absolute Gasteiger partial charge is 0.487 e. The number of carbonyl (C=O) groups is 1. The van der Waals surface area contributed by atoms with Crippen molar-refractivity contribution >= 4 is 23.5 Å². The van der Waals surface area contributed by atoms with E-state index < -0.39 is 6.09 Å². The Morgan fingerprint density at radius 1 is 1.71 bits per heavy atom. The fourth-order valence-corrected chi connectivity index (χ4v) is 1.00. The van der Waals surface area contributed by atoms with Crippen molar-refractivity contribution < 1.29 is 14.6 Å². The van der Waals surface area contributed by atoms with Crippen LogP contribution in [0.5, 0.6) is 5.75 Å². The molecule has 6 nitrogen and oxygen atoms in total. The van der Waals surface area contributed by atoms with E-state index in [-0.39, 0.29) is 16.7 Å². The predicted molar refractivity (Wildman–Crippen MR) is 49.9 cm³/mol. The van der Waals surface area contributed by atoms with E-state index >= 15 is 0 Å². The second kappa shape index (κ2) is 4.61. The molecule has 0 aromatic carbocycles. The van der Waals surface area contributed by atoms with Gasteiger partial charge < -0.3 is 9.84 Å². The predicted octanol–water partition coefficient (Wildman–Crippen LogP) is 1.62. The first-order valence-corrected chi connectivity index (χ1v) is 4.16. The smallest absolute Gasteiger partial charge is 0.410 e. The molecule has 0 aliphatic carbocycles.